The molecule has 4 rings (SSSR count). The Hall–Kier alpha value is -2.78. The first-order valence-electron chi connectivity index (χ1n) is 10.5. The lowest BCUT2D eigenvalue weighted by molar-refractivity contribution is -0.138. The van der Waals surface area contributed by atoms with Gasteiger partial charge in [-0.15, -0.1) is 0 Å². The van der Waals surface area contributed by atoms with Gasteiger partial charge in [0, 0.05) is 25.2 Å². The van der Waals surface area contributed by atoms with Gasteiger partial charge >= 0.3 is 12.3 Å². The van der Waals surface area contributed by atoms with Crippen LogP contribution in [0.1, 0.15) is 46.0 Å². The molecule has 0 unspecified atom stereocenters. The fraction of sp³-hybridized carbons (Fsp3) is 0.591. The van der Waals surface area contributed by atoms with Crippen LogP contribution in [0.2, 0.25) is 0 Å². The van der Waals surface area contributed by atoms with Gasteiger partial charge in [-0.05, 0) is 58.6 Å². The summed E-state index contributed by atoms with van der Waals surface area (Å²) < 4.78 is 46.2. The van der Waals surface area contributed by atoms with Crippen LogP contribution in [0.4, 0.5) is 18.0 Å². The molecule has 0 aromatic carbocycles. The van der Waals surface area contributed by atoms with Crippen molar-refractivity contribution in [3.8, 4) is 0 Å². The number of likely N-dealkylation sites (tertiary alicyclic amines) is 1. The molecule has 10 heteroatoms. The van der Waals surface area contributed by atoms with Crippen molar-refractivity contribution in [3.05, 3.63) is 35.9 Å². The molecule has 0 spiro atoms. The van der Waals surface area contributed by atoms with E-state index in [0.717, 1.165) is 12.3 Å². The zero-order valence-electron chi connectivity index (χ0n) is 18.7. The Balaban J connectivity index is 1.43. The van der Waals surface area contributed by atoms with Crippen molar-refractivity contribution in [1.82, 2.24) is 19.6 Å². The Morgan fingerprint density at radius 3 is 2.28 bits per heavy atom. The number of imidazole rings is 1. The SMILES string of the molecule is CC(C)(C)OC(=O)N1C[C@@H]2[C@H](C1)[C@H]2C(=O)NC(C)(C)c1ncc2ccc(C(F)(F)F)cn12. The number of nitrogens with zero attached hydrogens (tertiary/aromatic N) is 3. The van der Waals surface area contributed by atoms with Crippen LogP contribution >= 0.6 is 0 Å². The molecule has 0 bridgehead atoms. The van der Waals surface area contributed by atoms with E-state index >= 15 is 0 Å². The summed E-state index contributed by atoms with van der Waals surface area (Å²) in [4.78, 5) is 31.1. The van der Waals surface area contributed by atoms with Gasteiger partial charge in [-0.1, -0.05) is 0 Å². The largest absolute Gasteiger partial charge is 0.444 e. The molecule has 32 heavy (non-hydrogen) atoms. The maximum Gasteiger partial charge on any atom is 0.417 e. The molecule has 2 fully saturated rings. The molecule has 2 aromatic heterocycles. The van der Waals surface area contributed by atoms with Gasteiger partial charge in [0.15, 0.2) is 0 Å². The molecule has 1 saturated heterocycles. The van der Waals surface area contributed by atoms with E-state index in [1.165, 1.54) is 16.7 Å². The van der Waals surface area contributed by atoms with Gasteiger partial charge in [0.2, 0.25) is 5.91 Å². The van der Waals surface area contributed by atoms with E-state index in [-0.39, 0.29) is 29.8 Å². The van der Waals surface area contributed by atoms with E-state index in [2.05, 4.69) is 10.3 Å². The summed E-state index contributed by atoms with van der Waals surface area (Å²) in [6, 6.07) is 2.36. The van der Waals surface area contributed by atoms with Crippen molar-refractivity contribution in [2.45, 2.75) is 51.9 Å². The zero-order valence-corrected chi connectivity index (χ0v) is 18.7. The van der Waals surface area contributed by atoms with Gasteiger partial charge in [0.05, 0.1) is 22.8 Å². The van der Waals surface area contributed by atoms with Crippen LogP contribution in [0, 0.1) is 17.8 Å². The highest BCUT2D eigenvalue weighted by Crippen LogP contribution is 2.52. The highest BCUT2D eigenvalue weighted by molar-refractivity contribution is 5.84. The fourth-order valence-corrected chi connectivity index (χ4v) is 4.46. The summed E-state index contributed by atoms with van der Waals surface area (Å²) in [5.74, 6) is 0.0231. The number of fused-ring (bicyclic) bond motifs is 2. The number of alkyl halides is 3. The molecule has 0 radical (unpaired) electrons. The van der Waals surface area contributed by atoms with E-state index in [1.807, 2.05) is 0 Å². The first kappa shape index (κ1) is 22.4. The average Bonchev–Trinajstić information content (AvgIpc) is 3.00. The van der Waals surface area contributed by atoms with Crippen molar-refractivity contribution >= 4 is 17.5 Å². The lowest BCUT2D eigenvalue weighted by Crippen LogP contribution is -2.45. The van der Waals surface area contributed by atoms with E-state index in [1.54, 1.807) is 39.5 Å². The number of halogens is 3. The fourth-order valence-electron chi connectivity index (χ4n) is 4.46. The van der Waals surface area contributed by atoms with Crippen LogP contribution < -0.4 is 5.32 Å². The Kier molecular flexibility index (Phi) is 4.98. The van der Waals surface area contributed by atoms with Crippen molar-refractivity contribution in [1.29, 1.82) is 0 Å². The molecule has 2 aromatic rings. The molecule has 1 N–H and O–H groups in total. The minimum absolute atomic E-state index is 0.0622. The maximum absolute atomic E-state index is 13.1. The topological polar surface area (TPSA) is 75.9 Å². The molecule has 3 atom stereocenters. The Bertz CT molecular complexity index is 1060. The second-order valence-corrected chi connectivity index (χ2v) is 10.1. The molecule has 3 heterocycles. The smallest absolute Gasteiger partial charge is 0.417 e. The molecule has 1 saturated carbocycles. The molecule has 1 aliphatic heterocycles. The predicted octanol–water partition coefficient (Wildman–Crippen LogP) is 3.82. The predicted molar refractivity (Wildman–Crippen MR) is 110 cm³/mol. The van der Waals surface area contributed by atoms with Gasteiger partial charge in [-0.25, -0.2) is 9.78 Å². The summed E-state index contributed by atoms with van der Waals surface area (Å²) in [6.07, 6.45) is -2.38. The van der Waals surface area contributed by atoms with Crippen molar-refractivity contribution in [2.75, 3.05) is 13.1 Å². The summed E-state index contributed by atoms with van der Waals surface area (Å²) in [5, 5.41) is 2.94. The number of carbonyl (C=O) groups is 2. The second-order valence-electron chi connectivity index (χ2n) is 10.1. The zero-order chi connectivity index (χ0) is 23.6. The number of piperidine rings is 1. The van der Waals surface area contributed by atoms with Gasteiger partial charge < -0.3 is 19.4 Å². The Labute approximate surface area is 183 Å². The van der Waals surface area contributed by atoms with E-state index in [0.29, 0.717) is 24.4 Å². The van der Waals surface area contributed by atoms with Gasteiger partial charge in [0.1, 0.15) is 11.4 Å². The minimum atomic E-state index is -4.48. The molecule has 174 valence electrons. The van der Waals surface area contributed by atoms with Crippen molar-refractivity contribution in [2.24, 2.45) is 17.8 Å². The van der Waals surface area contributed by atoms with Crippen LogP contribution in [0.3, 0.4) is 0 Å². The lowest BCUT2D eigenvalue weighted by atomic mass is 10.0. The number of ether oxygens (including phenoxy) is 1. The summed E-state index contributed by atoms with van der Waals surface area (Å²) in [5.41, 5.74) is -1.85. The second kappa shape index (κ2) is 7.11. The minimum Gasteiger partial charge on any atom is -0.444 e. The standard InChI is InChI=1S/C22H27F3N4O3/c1-20(2,3)32-19(31)28-10-14-15(11-28)16(14)17(30)27-21(4,5)18-26-8-13-7-6-12(9-29(13)18)22(23,24)25/h6-9,14-16H,10-11H2,1-5H3,(H,27,30)/t14-,15+,16+. The third kappa shape index (κ3) is 4.14. The number of nitrogens with one attached hydrogen (secondary N) is 1. The lowest BCUT2D eigenvalue weighted by Gasteiger charge is -2.27. The normalized spacial score (nSPS) is 23.2. The van der Waals surface area contributed by atoms with Crippen LogP contribution in [-0.2, 0) is 21.2 Å². The number of hydrogen-bond donors (Lipinski definition) is 1. The third-order valence-electron chi connectivity index (χ3n) is 6.00. The summed E-state index contributed by atoms with van der Waals surface area (Å²) in [7, 11) is 0. The molecular weight excluding hydrogens is 425 g/mol. The number of carbonyl (C=O) groups excluding carboxylic acids is 2. The van der Waals surface area contributed by atoms with Gasteiger partial charge in [0.25, 0.3) is 0 Å². The monoisotopic (exact) mass is 452 g/mol. The van der Waals surface area contributed by atoms with Gasteiger partial charge in [-0.2, -0.15) is 13.2 Å². The number of rotatable bonds is 3. The Morgan fingerprint density at radius 2 is 1.72 bits per heavy atom. The number of pyridine rings is 1. The molecular formula is C22H27F3N4O3. The van der Waals surface area contributed by atoms with E-state index < -0.39 is 22.9 Å². The third-order valence-corrected chi connectivity index (χ3v) is 6.00. The Morgan fingerprint density at radius 1 is 1.09 bits per heavy atom. The molecule has 2 aliphatic rings. The average molecular weight is 452 g/mol. The first-order valence-corrected chi connectivity index (χ1v) is 10.5. The quantitative estimate of drug-likeness (QED) is 0.768. The van der Waals surface area contributed by atoms with Gasteiger partial charge in [-0.3, -0.25) is 4.79 Å². The highest BCUT2D eigenvalue weighted by atomic mass is 19.4. The van der Waals surface area contributed by atoms with E-state index in [4.69, 9.17) is 4.74 Å². The van der Waals surface area contributed by atoms with Crippen molar-refractivity contribution in [3.63, 3.8) is 0 Å². The number of hydrogen-bond acceptors (Lipinski definition) is 4. The van der Waals surface area contributed by atoms with Crippen LogP contribution in [0.15, 0.2) is 24.5 Å². The maximum atomic E-state index is 13.1. The van der Waals surface area contributed by atoms with Crippen molar-refractivity contribution < 1.29 is 27.5 Å². The summed E-state index contributed by atoms with van der Waals surface area (Å²) in [6.45, 7) is 9.75. The summed E-state index contributed by atoms with van der Waals surface area (Å²) >= 11 is 0. The van der Waals surface area contributed by atoms with Crippen LogP contribution in [-0.4, -0.2) is 45.0 Å². The highest BCUT2D eigenvalue weighted by Gasteiger charge is 2.61. The number of amides is 2. The first-order chi connectivity index (χ1) is 14.7. The molecule has 7 nitrogen and oxygen atoms in total. The van der Waals surface area contributed by atoms with E-state index in [9.17, 15) is 22.8 Å². The van der Waals surface area contributed by atoms with Crippen LogP contribution in [0.5, 0.6) is 0 Å². The van der Waals surface area contributed by atoms with Crippen LogP contribution in [0.25, 0.3) is 5.52 Å². The molecule has 2 amide bonds. The molecule has 1 aliphatic carbocycles. The number of aromatic nitrogens is 2.